The van der Waals surface area contributed by atoms with Crippen molar-refractivity contribution in [1.82, 2.24) is 9.99 Å². The molecule has 0 atom stereocenters. The van der Waals surface area contributed by atoms with E-state index in [1.165, 1.54) is 6.07 Å². The fourth-order valence-corrected chi connectivity index (χ4v) is 3.81. The van der Waals surface area contributed by atoms with Crippen molar-refractivity contribution in [3.05, 3.63) is 113 Å². The average Bonchev–Trinajstić information content (AvgIpc) is 3.13. The van der Waals surface area contributed by atoms with Gasteiger partial charge >= 0.3 is 6.03 Å². The minimum Gasteiger partial charge on any atom is -0.489 e. The SMILES string of the molecule is Cc1ccccc1NC(=O)NN=Cc1cc(C)n(-c2ccc(OCc3ccccc3F)cc2)c1C. The Morgan fingerprint density at radius 3 is 2.46 bits per heavy atom. The molecule has 0 unspecified atom stereocenters. The average molecular weight is 471 g/mol. The topological polar surface area (TPSA) is 67.7 Å². The first-order chi connectivity index (χ1) is 16.9. The fraction of sp³-hybridized carbons (Fsp3) is 0.143. The summed E-state index contributed by atoms with van der Waals surface area (Å²) in [5, 5.41) is 6.88. The summed E-state index contributed by atoms with van der Waals surface area (Å²) >= 11 is 0. The number of nitrogens with one attached hydrogen (secondary N) is 2. The lowest BCUT2D eigenvalue weighted by molar-refractivity contribution is 0.252. The van der Waals surface area contributed by atoms with Gasteiger partial charge in [0, 0.05) is 33.9 Å². The van der Waals surface area contributed by atoms with Crippen LogP contribution in [0.2, 0.25) is 0 Å². The lowest BCUT2D eigenvalue weighted by Crippen LogP contribution is -2.24. The summed E-state index contributed by atoms with van der Waals surface area (Å²) in [6, 6.07) is 23.3. The molecule has 4 rings (SSSR count). The molecule has 0 aliphatic rings. The van der Waals surface area contributed by atoms with Crippen molar-refractivity contribution >= 4 is 17.9 Å². The van der Waals surface area contributed by atoms with E-state index < -0.39 is 6.03 Å². The van der Waals surface area contributed by atoms with Crippen LogP contribution in [-0.2, 0) is 6.61 Å². The molecule has 2 amide bonds. The second-order valence-electron chi connectivity index (χ2n) is 8.17. The molecular weight excluding hydrogens is 443 g/mol. The second kappa shape index (κ2) is 10.7. The Morgan fingerprint density at radius 1 is 1.00 bits per heavy atom. The van der Waals surface area contributed by atoms with Gasteiger partial charge in [-0.1, -0.05) is 36.4 Å². The number of aromatic nitrogens is 1. The number of nitrogens with zero attached hydrogens (tertiary/aromatic N) is 2. The number of halogens is 1. The number of carbonyl (C=O) groups is 1. The van der Waals surface area contributed by atoms with Crippen LogP contribution in [-0.4, -0.2) is 16.8 Å². The van der Waals surface area contributed by atoms with E-state index >= 15 is 0 Å². The summed E-state index contributed by atoms with van der Waals surface area (Å²) in [6.07, 6.45) is 1.63. The van der Waals surface area contributed by atoms with Crippen molar-refractivity contribution in [1.29, 1.82) is 0 Å². The summed E-state index contributed by atoms with van der Waals surface area (Å²) in [4.78, 5) is 12.2. The predicted octanol–water partition coefficient (Wildman–Crippen LogP) is 6.28. The zero-order valence-electron chi connectivity index (χ0n) is 19.9. The molecule has 178 valence electrons. The third-order valence-electron chi connectivity index (χ3n) is 5.68. The van der Waals surface area contributed by atoms with E-state index in [-0.39, 0.29) is 12.4 Å². The molecule has 1 aromatic heterocycles. The highest BCUT2D eigenvalue weighted by Gasteiger charge is 2.10. The number of anilines is 1. The van der Waals surface area contributed by atoms with Gasteiger partial charge in [-0.2, -0.15) is 5.10 Å². The van der Waals surface area contributed by atoms with Crippen LogP contribution < -0.4 is 15.5 Å². The van der Waals surface area contributed by atoms with Crippen molar-refractivity contribution in [2.75, 3.05) is 5.32 Å². The molecule has 35 heavy (non-hydrogen) atoms. The van der Waals surface area contributed by atoms with Gasteiger partial charge in [-0.05, 0) is 68.8 Å². The standard InChI is InChI=1S/C28H27FN4O2/c1-19-8-4-7-11-27(19)31-28(34)32-30-17-23-16-20(2)33(21(23)3)24-12-14-25(15-13-24)35-18-22-9-5-6-10-26(22)29/h4-17H,18H2,1-3H3,(H2,31,32,34). The predicted molar refractivity (Wildman–Crippen MR) is 137 cm³/mol. The van der Waals surface area contributed by atoms with E-state index in [1.54, 1.807) is 24.4 Å². The Kier molecular flexibility index (Phi) is 7.26. The van der Waals surface area contributed by atoms with Crippen LogP contribution in [0.1, 0.15) is 28.1 Å². The van der Waals surface area contributed by atoms with E-state index in [9.17, 15) is 9.18 Å². The second-order valence-corrected chi connectivity index (χ2v) is 8.17. The molecule has 0 radical (unpaired) electrons. The zero-order valence-corrected chi connectivity index (χ0v) is 19.9. The molecule has 0 saturated carbocycles. The number of hydrogen-bond donors (Lipinski definition) is 2. The van der Waals surface area contributed by atoms with E-state index in [2.05, 4.69) is 20.4 Å². The quantitative estimate of drug-likeness (QED) is 0.247. The molecular formula is C28H27FN4O2. The molecule has 2 N–H and O–H groups in total. The first kappa shape index (κ1) is 23.8. The number of benzene rings is 3. The number of aryl methyl sites for hydroxylation is 2. The molecule has 1 heterocycles. The highest BCUT2D eigenvalue weighted by atomic mass is 19.1. The van der Waals surface area contributed by atoms with Gasteiger partial charge in [0.15, 0.2) is 0 Å². The smallest absolute Gasteiger partial charge is 0.339 e. The molecule has 7 heteroatoms. The molecule has 0 fully saturated rings. The van der Waals surface area contributed by atoms with E-state index in [4.69, 9.17) is 4.74 Å². The van der Waals surface area contributed by atoms with E-state index in [0.29, 0.717) is 11.3 Å². The van der Waals surface area contributed by atoms with Gasteiger partial charge in [-0.25, -0.2) is 14.6 Å². The minimum absolute atomic E-state index is 0.165. The third-order valence-corrected chi connectivity index (χ3v) is 5.68. The summed E-state index contributed by atoms with van der Waals surface area (Å²) in [5.74, 6) is 0.379. The van der Waals surface area contributed by atoms with Crippen LogP contribution >= 0.6 is 0 Å². The number of urea groups is 1. The number of rotatable bonds is 7. The normalized spacial score (nSPS) is 11.0. The van der Waals surface area contributed by atoms with Gasteiger partial charge in [-0.3, -0.25) is 0 Å². The maximum Gasteiger partial charge on any atom is 0.339 e. The van der Waals surface area contributed by atoms with Crippen LogP contribution in [0.4, 0.5) is 14.9 Å². The van der Waals surface area contributed by atoms with Crippen molar-refractivity contribution in [3.63, 3.8) is 0 Å². The maximum atomic E-state index is 13.8. The van der Waals surface area contributed by atoms with Crippen molar-refractivity contribution < 1.29 is 13.9 Å². The van der Waals surface area contributed by atoms with Crippen LogP contribution in [0.25, 0.3) is 5.69 Å². The zero-order chi connectivity index (χ0) is 24.8. The number of ether oxygens (including phenoxy) is 1. The first-order valence-electron chi connectivity index (χ1n) is 11.2. The van der Waals surface area contributed by atoms with Crippen molar-refractivity contribution in [3.8, 4) is 11.4 Å². The minimum atomic E-state index is -0.407. The molecule has 3 aromatic carbocycles. The Bertz CT molecular complexity index is 1360. The van der Waals surface area contributed by atoms with Crippen LogP contribution in [0.3, 0.4) is 0 Å². The number of para-hydroxylation sites is 1. The van der Waals surface area contributed by atoms with E-state index in [0.717, 1.165) is 33.9 Å². The van der Waals surface area contributed by atoms with Crippen molar-refractivity contribution in [2.24, 2.45) is 5.10 Å². The summed E-state index contributed by atoms with van der Waals surface area (Å²) in [7, 11) is 0. The van der Waals surface area contributed by atoms with Gasteiger partial charge in [0.1, 0.15) is 18.2 Å². The number of amides is 2. The molecule has 0 bridgehead atoms. The Balaban J connectivity index is 1.40. The van der Waals surface area contributed by atoms with Gasteiger partial charge in [0.25, 0.3) is 0 Å². The van der Waals surface area contributed by atoms with Crippen LogP contribution in [0.15, 0.2) is 84.0 Å². The molecule has 0 aliphatic carbocycles. The van der Waals surface area contributed by atoms with Crippen LogP contribution in [0, 0.1) is 26.6 Å². The fourth-order valence-electron chi connectivity index (χ4n) is 3.81. The monoisotopic (exact) mass is 470 g/mol. The molecule has 4 aromatic rings. The highest BCUT2D eigenvalue weighted by Crippen LogP contribution is 2.23. The first-order valence-corrected chi connectivity index (χ1v) is 11.2. The lowest BCUT2D eigenvalue weighted by Gasteiger charge is -2.12. The van der Waals surface area contributed by atoms with Gasteiger partial charge in [0.2, 0.25) is 0 Å². The largest absolute Gasteiger partial charge is 0.489 e. The number of hydrogen-bond acceptors (Lipinski definition) is 3. The Hall–Kier alpha value is -4.39. The molecule has 0 aliphatic heterocycles. The highest BCUT2D eigenvalue weighted by molar-refractivity contribution is 5.91. The third kappa shape index (κ3) is 5.76. The molecule has 6 nitrogen and oxygen atoms in total. The Labute approximate surface area is 204 Å². The summed E-state index contributed by atoms with van der Waals surface area (Å²) in [5.41, 5.74) is 8.58. The van der Waals surface area contributed by atoms with Gasteiger partial charge < -0.3 is 14.6 Å². The molecule has 0 spiro atoms. The summed E-state index contributed by atoms with van der Waals surface area (Å²) in [6.45, 7) is 6.09. The number of hydrazone groups is 1. The number of carbonyl (C=O) groups excluding carboxylic acids is 1. The van der Waals surface area contributed by atoms with Gasteiger partial charge in [0.05, 0.1) is 6.21 Å². The maximum absolute atomic E-state index is 13.8. The van der Waals surface area contributed by atoms with Gasteiger partial charge in [-0.15, -0.1) is 0 Å². The molecule has 0 saturated heterocycles. The summed E-state index contributed by atoms with van der Waals surface area (Å²) < 4.78 is 21.6. The lowest BCUT2D eigenvalue weighted by atomic mass is 10.2. The van der Waals surface area contributed by atoms with Crippen molar-refractivity contribution in [2.45, 2.75) is 27.4 Å². The van der Waals surface area contributed by atoms with E-state index in [1.807, 2.05) is 75.4 Å². The Morgan fingerprint density at radius 2 is 1.71 bits per heavy atom. The van der Waals surface area contributed by atoms with Crippen LogP contribution in [0.5, 0.6) is 5.75 Å².